The smallest absolute Gasteiger partial charge is 0.410 e. The van der Waals surface area contributed by atoms with E-state index in [0.717, 1.165) is 38.0 Å². The average molecular weight is 434 g/mol. The number of unbranched alkanes of at least 4 members (excludes halogenated alkanes) is 3. The van der Waals surface area contributed by atoms with Gasteiger partial charge in [-0.3, -0.25) is 14.8 Å². The molecule has 0 unspecified atom stereocenters. The van der Waals surface area contributed by atoms with Crippen molar-refractivity contribution in [2.45, 2.75) is 64.9 Å². The number of hydrogen-bond donors (Lipinski definition) is 2. The fourth-order valence-corrected chi connectivity index (χ4v) is 3.46. The fraction of sp³-hybridized carbons (Fsp3) is 0.609. The molecule has 0 bridgehead atoms. The molecule has 1 saturated heterocycles. The van der Waals surface area contributed by atoms with Crippen LogP contribution in [-0.2, 0) is 9.53 Å². The van der Waals surface area contributed by atoms with Gasteiger partial charge in [0.1, 0.15) is 5.60 Å². The van der Waals surface area contributed by atoms with Gasteiger partial charge in [-0.25, -0.2) is 10.3 Å². The number of anilines is 1. The van der Waals surface area contributed by atoms with Crippen molar-refractivity contribution in [2.75, 3.05) is 31.1 Å². The summed E-state index contributed by atoms with van der Waals surface area (Å²) in [4.78, 5) is 39.4. The number of rotatable bonds is 9. The van der Waals surface area contributed by atoms with Gasteiger partial charge in [-0.2, -0.15) is 0 Å². The second-order valence-electron chi connectivity index (χ2n) is 8.87. The van der Waals surface area contributed by atoms with E-state index < -0.39 is 5.60 Å². The Kier molecular flexibility index (Phi) is 9.30. The van der Waals surface area contributed by atoms with Crippen LogP contribution < -0.4 is 10.4 Å². The van der Waals surface area contributed by atoms with E-state index in [-0.39, 0.29) is 17.8 Å². The summed E-state index contributed by atoms with van der Waals surface area (Å²) in [5.74, 6) is -0.253. The van der Waals surface area contributed by atoms with Crippen LogP contribution in [0.1, 0.15) is 69.7 Å². The van der Waals surface area contributed by atoms with Gasteiger partial charge >= 0.3 is 6.09 Å². The van der Waals surface area contributed by atoms with Crippen LogP contribution in [0.2, 0.25) is 0 Å². The Bertz CT molecular complexity index is 735. The van der Waals surface area contributed by atoms with Gasteiger partial charge in [-0.05, 0) is 57.9 Å². The Balaban J connectivity index is 1.72. The number of carbonyl (C=O) groups excluding carboxylic acids is 3. The molecule has 31 heavy (non-hydrogen) atoms. The van der Waals surface area contributed by atoms with E-state index in [0.29, 0.717) is 37.9 Å². The SMILES string of the molecule is CC(C)(C)OC(=O)N1CCN(c2ccc(C(=O)CCCCCCC(=O)NO)cc2)CC1. The lowest BCUT2D eigenvalue weighted by molar-refractivity contribution is -0.129. The molecule has 1 aliphatic rings. The largest absolute Gasteiger partial charge is 0.444 e. The van der Waals surface area contributed by atoms with Gasteiger partial charge in [0.15, 0.2) is 5.78 Å². The number of nitrogens with one attached hydrogen (secondary N) is 1. The summed E-state index contributed by atoms with van der Waals surface area (Å²) in [7, 11) is 0. The summed E-state index contributed by atoms with van der Waals surface area (Å²) in [5.41, 5.74) is 2.87. The molecule has 172 valence electrons. The Morgan fingerprint density at radius 3 is 2.06 bits per heavy atom. The number of nitrogens with zero attached hydrogens (tertiary/aromatic N) is 2. The molecule has 0 radical (unpaired) electrons. The minimum atomic E-state index is -0.493. The van der Waals surface area contributed by atoms with E-state index in [1.807, 2.05) is 45.0 Å². The maximum atomic E-state index is 12.4. The van der Waals surface area contributed by atoms with Crippen LogP contribution in [0.3, 0.4) is 0 Å². The van der Waals surface area contributed by atoms with Gasteiger partial charge in [0.2, 0.25) is 5.91 Å². The van der Waals surface area contributed by atoms with Crippen molar-refractivity contribution in [2.24, 2.45) is 0 Å². The Labute approximate surface area is 184 Å². The van der Waals surface area contributed by atoms with Crippen molar-refractivity contribution < 1.29 is 24.3 Å². The number of amides is 2. The van der Waals surface area contributed by atoms with Crippen molar-refractivity contribution in [3.8, 4) is 0 Å². The number of hydroxylamine groups is 1. The second-order valence-corrected chi connectivity index (χ2v) is 8.87. The van der Waals surface area contributed by atoms with Crippen LogP contribution in [0.25, 0.3) is 0 Å². The molecule has 1 fully saturated rings. The van der Waals surface area contributed by atoms with Crippen LogP contribution in [-0.4, -0.2) is 59.7 Å². The van der Waals surface area contributed by atoms with Gasteiger partial charge < -0.3 is 14.5 Å². The normalized spacial score (nSPS) is 14.3. The first kappa shape index (κ1) is 24.7. The van der Waals surface area contributed by atoms with Gasteiger partial charge in [0, 0.05) is 50.3 Å². The van der Waals surface area contributed by atoms with E-state index in [2.05, 4.69) is 4.90 Å². The molecule has 1 aliphatic heterocycles. The van der Waals surface area contributed by atoms with Crippen molar-refractivity contribution >= 4 is 23.5 Å². The van der Waals surface area contributed by atoms with E-state index in [4.69, 9.17) is 9.94 Å². The topological polar surface area (TPSA) is 99.2 Å². The standard InChI is InChI=1S/C23H35N3O5/c1-23(2,3)31-22(29)26-16-14-25(15-17-26)19-12-10-18(11-13-19)20(27)8-6-4-5-7-9-21(28)24-30/h10-13,30H,4-9,14-17H2,1-3H3,(H,24,28). The average Bonchev–Trinajstić information content (AvgIpc) is 2.74. The molecule has 2 amide bonds. The highest BCUT2D eigenvalue weighted by atomic mass is 16.6. The summed E-state index contributed by atoms with van der Waals surface area (Å²) in [6.45, 7) is 8.25. The van der Waals surface area contributed by atoms with Gasteiger partial charge in [-0.15, -0.1) is 0 Å². The zero-order valence-corrected chi connectivity index (χ0v) is 18.9. The molecule has 0 aliphatic carbocycles. The summed E-state index contributed by atoms with van der Waals surface area (Å²) >= 11 is 0. The second kappa shape index (κ2) is 11.7. The highest BCUT2D eigenvalue weighted by Crippen LogP contribution is 2.20. The fourth-order valence-electron chi connectivity index (χ4n) is 3.46. The highest BCUT2D eigenvalue weighted by Gasteiger charge is 2.26. The molecule has 8 heteroatoms. The van der Waals surface area contributed by atoms with Crippen molar-refractivity contribution in [3.63, 3.8) is 0 Å². The zero-order chi connectivity index (χ0) is 22.9. The molecule has 2 rings (SSSR count). The number of benzene rings is 1. The van der Waals surface area contributed by atoms with Gasteiger partial charge in [0.25, 0.3) is 0 Å². The molecular formula is C23H35N3O5. The summed E-state index contributed by atoms with van der Waals surface area (Å²) in [6, 6.07) is 7.65. The first-order valence-corrected chi connectivity index (χ1v) is 11.0. The highest BCUT2D eigenvalue weighted by molar-refractivity contribution is 5.96. The lowest BCUT2D eigenvalue weighted by atomic mass is 10.0. The van der Waals surface area contributed by atoms with Crippen LogP contribution in [0.4, 0.5) is 10.5 Å². The third-order valence-corrected chi connectivity index (χ3v) is 5.17. The Morgan fingerprint density at radius 1 is 0.935 bits per heavy atom. The van der Waals surface area contributed by atoms with Gasteiger partial charge in [-0.1, -0.05) is 12.8 Å². The number of ketones is 1. The lowest BCUT2D eigenvalue weighted by Crippen LogP contribution is -2.50. The number of Topliss-reactive ketones (excluding diaryl/α,β-unsaturated/α-hetero) is 1. The molecule has 1 heterocycles. The van der Waals surface area contributed by atoms with Gasteiger partial charge in [0.05, 0.1) is 0 Å². The third-order valence-electron chi connectivity index (χ3n) is 5.17. The number of ether oxygens (including phenoxy) is 1. The molecule has 1 aromatic rings. The maximum absolute atomic E-state index is 12.4. The molecule has 0 atom stereocenters. The molecule has 1 aromatic carbocycles. The predicted octanol–water partition coefficient (Wildman–Crippen LogP) is 3.77. The van der Waals surface area contributed by atoms with Crippen LogP contribution in [0, 0.1) is 0 Å². The molecule has 2 N–H and O–H groups in total. The third kappa shape index (κ3) is 8.57. The summed E-state index contributed by atoms with van der Waals surface area (Å²) in [6.07, 6.45) is 3.74. The molecular weight excluding hydrogens is 398 g/mol. The number of piperazine rings is 1. The van der Waals surface area contributed by atoms with Crippen molar-refractivity contribution in [1.29, 1.82) is 0 Å². The predicted molar refractivity (Wildman–Crippen MR) is 118 cm³/mol. The lowest BCUT2D eigenvalue weighted by Gasteiger charge is -2.36. The molecule has 8 nitrogen and oxygen atoms in total. The minimum Gasteiger partial charge on any atom is -0.444 e. The summed E-state index contributed by atoms with van der Waals surface area (Å²) < 4.78 is 5.43. The van der Waals surface area contributed by atoms with Crippen molar-refractivity contribution in [3.05, 3.63) is 29.8 Å². The minimum absolute atomic E-state index is 0.120. The van der Waals surface area contributed by atoms with Crippen LogP contribution in [0.5, 0.6) is 0 Å². The first-order valence-electron chi connectivity index (χ1n) is 11.0. The zero-order valence-electron chi connectivity index (χ0n) is 18.9. The van der Waals surface area contributed by atoms with E-state index in [1.54, 1.807) is 10.4 Å². The first-order chi connectivity index (χ1) is 14.7. The molecule has 0 spiro atoms. The Morgan fingerprint density at radius 2 is 1.52 bits per heavy atom. The van der Waals surface area contributed by atoms with Crippen LogP contribution >= 0.6 is 0 Å². The van der Waals surface area contributed by atoms with E-state index in [1.165, 1.54) is 0 Å². The van der Waals surface area contributed by atoms with E-state index in [9.17, 15) is 14.4 Å². The monoisotopic (exact) mass is 433 g/mol. The maximum Gasteiger partial charge on any atom is 0.410 e. The van der Waals surface area contributed by atoms with Crippen LogP contribution in [0.15, 0.2) is 24.3 Å². The van der Waals surface area contributed by atoms with Crippen molar-refractivity contribution in [1.82, 2.24) is 10.4 Å². The number of carbonyl (C=O) groups is 3. The van der Waals surface area contributed by atoms with E-state index >= 15 is 0 Å². The number of hydrogen-bond acceptors (Lipinski definition) is 6. The summed E-state index contributed by atoms with van der Waals surface area (Å²) in [5, 5.41) is 8.44. The quantitative estimate of drug-likeness (QED) is 0.266. The molecule has 0 aromatic heterocycles. The Hall–Kier alpha value is -2.61. The molecule has 0 saturated carbocycles.